The van der Waals surface area contributed by atoms with E-state index in [1.165, 1.54) is 0 Å². The van der Waals surface area contributed by atoms with E-state index in [0.29, 0.717) is 12.2 Å². The molecule has 1 aromatic heterocycles. The van der Waals surface area contributed by atoms with Crippen LogP contribution in [0.15, 0.2) is 18.3 Å². The molecule has 5 nitrogen and oxygen atoms in total. The predicted octanol–water partition coefficient (Wildman–Crippen LogP) is 1.28. The Morgan fingerprint density at radius 3 is 2.88 bits per heavy atom. The van der Waals surface area contributed by atoms with Crippen LogP contribution in [0.4, 0.5) is 5.69 Å². The van der Waals surface area contributed by atoms with Crippen molar-refractivity contribution in [2.75, 3.05) is 11.9 Å². The zero-order valence-corrected chi connectivity index (χ0v) is 10.0. The van der Waals surface area contributed by atoms with Crippen molar-refractivity contribution in [3.05, 3.63) is 24.0 Å². The highest BCUT2D eigenvalue weighted by molar-refractivity contribution is 5.84. The van der Waals surface area contributed by atoms with Gasteiger partial charge in [-0.2, -0.15) is 5.26 Å². The molecule has 1 unspecified atom stereocenters. The molecule has 0 radical (unpaired) electrons. The summed E-state index contributed by atoms with van der Waals surface area (Å²) in [4.78, 5) is 15.5. The number of hydrogen-bond donors (Lipinski definition) is 2. The van der Waals surface area contributed by atoms with Gasteiger partial charge in [-0.25, -0.2) is 4.98 Å². The molecule has 90 valence electrons. The van der Waals surface area contributed by atoms with Crippen LogP contribution in [-0.2, 0) is 4.79 Å². The first kappa shape index (κ1) is 13.0. The lowest BCUT2D eigenvalue weighted by Crippen LogP contribution is -2.37. The Bertz CT molecular complexity index is 408. The van der Waals surface area contributed by atoms with E-state index in [2.05, 4.69) is 15.6 Å². The first-order valence-electron chi connectivity index (χ1n) is 5.57. The van der Waals surface area contributed by atoms with Gasteiger partial charge in [-0.05, 0) is 25.5 Å². The number of rotatable bonds is 5. The van der Waals surface area contributed by atoms with Crippen LogP contribution in [0.2, 0.25) is 0 Å². The molecule has 17 heavy (non-hydrogen) atoms. The molecule has 1 amide bonds. The molecule has 1 heterocycles. The molecule has 0 aliphatic heterocycles. The maximum absolute atomic E-state index is 11.6. The summed E-state index contributed by atoms with van der Waals surface area (Å²) in [5.41, 5.74) is 1.08. The average molecular weight is 232 g/mol. The third-order valence-corrected chi connectivity index (χ3v) is 2.20. The second-order valence-electron chi connectivity index (χ2n) is 3.70. The molecular weight excluding hydrogens is 216 g/mol. The summed E-state index contributed by atoms with van der Waals surface area (Å²) < 4.78 is 0. The minimum atomic E-state index is -0.323. The van der Waals surface area contributed by atoms with Gasteiger partial charge in [0, 0.05) is 6.54 Å². The van der Waals surface area contributed by atoms with E-state index < -0.39 is 0 Å². The summed E-state index contributed by atoms with van der Waals surface area (Å²) in [6, 6.07) is 4.96. The van der Waals surface area contributed by atoms with E-state index in [1.807, 2.05) is 13.0 Å². The molecular formula is C12H16N4O. The van der Waals surface area contributed by atoms with Crippen molar-refractivity contribution in [1.82, 2.24) is 10.3 Å². The normalized spacial score (nSPS) is 11.4. The smallest absolute Gasteiger partial charge is 0.242 e. The highest BCUT2D eigenvalue weighted by Gasteiger charge is 2.11. The lowest BCUT2D eigenvalue weighted by atomic mass is 10.2. The topological polar surface area (TPSA) is 77.8 Å². The van der Waals surface area contributed by atoms with Crippen molar-refractivity contribution in [3.8, 4) is 6.07 Å². The second-order valence-corrected chi connectivity index (χ2v) is 3.70. The van der Waals surface area contributed by atoms with Crippen LogP contribution < -0.4 is 10.6 Å². The number of nitrogens with zero attached hydrogens (tertiary/aromatic N) is 2. The zero-order chi connectivity index (χ0) is 12.7. The first-order chi connectivity index (χ1) is 8.17. The predicted molar refractivity (Wildman–Crippen MR) is 65.3 cm³/mol. The van der Waals surface area contributed by atoms with E-state index in [9.17, 15) is 4.79 Å². The van der Waals surface area contributed by atoms with Crippen molar-refractivity contribution in [3.63, 3.8) is 0 Å². The zero-order valence-electron chi connectivity index (χ0n) is 10.0. The fourth-order valence-corrected chi connectivity index (χ4v) is 1.26. The molecule has 0 fully saturated rings. The minimum absolute atomic E-state index is 0.0452. The number of aromatic nitrogens is 1. The number of carbonyl (C=O) groups is 1. The monoisotopic (exact) mass is 232 g/mol. The van der Waals surface area contributed by atoms with Gasteiger partial charge < -0.3 is 10.6 Å². The van der Waals surface area contributed by atoms with Gasteiger partial charge in [0.1, 0.15) is 17.8 Å². The fourth-order valence-electron chi connectivity index (χ4n) is 1.26. The number of pyridine rings is 1. The second kappa shape index (κ2) is 6.48. The maximum atomic E-state index is 11.6. The van der Waals surface area contributed by atoms with Gasteiger partial charge in [-0.15, -0.1) is 0 Å². The van der Waals surface area contributed by atoms with Gasteiger partial charge in [-0.3, -0.25) is 4.79 Å². The Hall–Kier alpha value is -2.09. The van der Waals surface area contributed by atoms with Crippen LogP contribution in [0, 0.1) is 11.3 Å². The molecule has 0 bridgehead atoms. The molecule has 0 saturated heterocycles. The van der Waals surface area contributed by atoms with E-state index in [4.69, 9.17) is 5.26 Å². The van der Waals surface area contributed by atoms with Crippen molar-refractivity contribution >= 4 is 11.6 Å². The van der Waals surface area contributed by atoms with E-state index in [-0.39, 0.29) is 11.9 Å². The molecule has 2 N–H and O–H groups in total. The molecule has 0 spiro atoms. The third kappa shape index (κ3) is 4.11. The lowest BCUT2D eigenvalue weighted by molar-refractivity contribution is -0.121. The van der Waals surface area contributed by atoms with Gasteiger partial charge in [0.15, 0.2) is 0 Å². The van der Waals surface area contributed by atoms with Crippen molar-refractivity contribution in [1.29, 1.82) is 5.26 Å². The number of hydrogen-bond acceptors (Lipinski definition) is 4. The maximum Gasteiger partial charge on any atom is 0.242 e. The Morgan fingerprint density at radius 2 is 2.35 bits per heavy atom. The summed E-state index contributed by atoms with van der Waals surface area (Å²) in [5.74, 6) is -0.0452. The molecule has 0 aromatic carbocycles. The Labute approximate surface area is 101 Å². The average Bonchev–Trinajstić information content (AvgIpc) is 2.36. The number of amides is 1. The quantitative estimate of drug-likeness (QED) is 0.801. The highest BCUT2D eigenvalue weighted by Crippen LogP contribution is 2.07. The standard InChI is InChI=1S/C12H16N4O/c1-3-6-14-12(17)9(2)16-11-5-4-10(7-13)15-8-11/h4-5,8-9,16H,3,6H2,1-2H3,(H,14,17). The molecule has 0 aliphatic carbocycles. The highest BCUT2D eigenvalue weighted by atomic mass is 16.2. The molecule has 0 saturated carbocycles. The largest absolute Gasteiger partial charge is 0.373 e. The number of nitriles is 1. The van der Waals surface area contributed by atoms with Crippen LogP contribution in [0.3, 0.4) is 0 Å². The van der Waals surface area contributed by atoms with E-state index in [0.717, 1.165) is 12.1 Å². The minimum Gasteiger partial charge on any atom is -0.373 e. The molecule has 5 heteroatoms. The molecule has 0 aliphatic rings. The van der Waals surface area contributed by atoms with Crippen LogP contribution in [0.25, 0.3) is 0 Å². The molecule has 1 rings (SSSR count). The summed E-state index contributed by atoms with van der Waals surface area (Å²) in [6.45, 7) is 4.46. The third-order valence-electron chi connectivity index (χ3n) is 2.20. The summed E-state index contributed by atoms with van der Waals surface area (Å²) >= 11 is 0. The van der Waals surface area contributed by atoms with Crippen LogP contribution in [-0.4, -0.2) is 23.5 Å². The van der Waals surface area contributed by atoms with Gasteiger partial charge >= 0.3 is 0 Å². The molecule has 1 aromatic rings. The van der Waals surface area contributed by atoms with Crippen molar-refractivity contribution < 1.29 is 4.79 Å². The Balaban J connectivity index is 2.52. The van der Waals surface area contributed by atoms with Gasteiger partial charge in [0.2, 0.25) is 5.91 Å². The Morgan fingerprint density at radius 1 is 1.59 bits per heavy atom. The summed E-state index contributed by atoms with van der Waals surface area (Å²) in [7, 11) is 0. The van der Waals surface area contributed by atoms with E-state index in [1.54, 1.807) is 25.3 Å². The lowest BCUT2D eigenvalue weighted by Gasteiger charge is -2.14. The summed E-state index contributed by atoms with van der Waals surface area (Å²) in [6.07, 6.45) is 2.46. The van der Waals surface area contributed by atoms with Crippen molar-refractivity contribution in [2.24, 2.45) is 0 Å². The van der Waals surface area contributed by atoms with E-state index >= 15 is 0 Å². The van der Waals surface area contributed by atoms with Crippen LogP contribution in [0.1, 0.15) is 26.0 Å². The number of carbonyl (C=O) groups excluding carboxylic acids is 1. The van der Waals surface area contributed by atoms with Crippen molar-refractivity contribution in [2.45, 2.75) is 26.3 Å². The van der Waals surface area contributed by atoms with Gasteiger partial charge in [0.05, 0.1) is 11.9 Å². The van der Waals surface area contributed by atoms with Gasteiger partial charge in [-0.1, -0.05) is 6.92 Å². The molecule has 1 atom stereocenters. The summed E-state index contributed by atoms with van der Waals surface area (Å²) in [5, 5.41) is 14.4. The Kier molecular flexibility index (Phi) is 4.95. The van der Waals surface area contributed by atoms with Crippen LogP contribution >= 0.6 is 0 Å². The number of anilines is 1. The fraction of sp³-hybridized carbons (Fsp3) is 0.417. The first-order valence-corrected chi connectivity index (χ1v) is 5.57. The van der Waals surface area contributed by atoms with Crippen LogP contribution in [0.5, 0.6) is 0 Å². The number of nitrogens with one attached hydrogen (secondary N) is 2. The SMILES string of the molecule is CCCNC(=O)C(C)Nc1ccc(C#N)nc1. The van der Waals surface area contributed by atoms with Gasteiger partial charge in [0.25, 0.3) is 0 Å².